The van der Waals surface area contributed by atoms with Crippen molar-refractivity contribution in [2.45, 2.75) is 38.5 Å². The van der Waals surface area contributed by atoms with E-state index in [1.807, 2.05) is 0 Å². The molecule has 3 unspecified atom stereocenters. The molecule has 2 aliphatic rings. The number of rotatable bonds is 2. The second-order valence-corrected chi connectivity index (χ2v) is 5.67. The lowest BCUT2D eigenvalue weighted by Crippen LogP contribution is -2.08. The highest BCUT2D eigenvalue weighted by atomic mass is 14.4. The maximum Gasteiger partial charge on any atom is -0.00904 e. The van der Waals surface area contributed by atoms with Gasteiger partial charge in [-0.1, -0.05) is 50.3 Å². The standard InChI is InChI=1S/C16H20/c1-11(2)14-5-3-4-6-15(14)16-10-12-7-8-13(16)9-12/h3-8,11-13,16H,9-10H2,1-2H3. The lowest BCUT2D eigenvalue weighted by molar-refractivity contribution is 0.576. The van der Waals surface area contributed by atoms with Crippen LogP contribution in [0.3, 0.4) is 0 Å². The summed E-state index contributed by atoms with van der Waals surface area (Å²) in [6.45, 7) is 4.61. The molecule has 0 amide bonds. The highest BCUT2D eigenvalue weighted by Gasteiger charge is 2.37. The first kappa shape index (κ1) is 10.1. The van der Waals surface area contributed by atoms with Gasteiger partial charge in [-0.2, -0.15) is 0 Å². The Morgan fingerprint density at radius 2 is 1.88 bits per heavy atom. The van der Waals surface area contributed by atoms with Gasteiger partial charge in [0.1, 0.15) is 0 Å². The molecule has 0 radical (unpaired) electrons. The molecule has 1 aromatic rings. The summed E-state index contributed by atoms with van der Waals surface area (Å²) in [4.78, 5) is 0. The molecule has 2 aliphatic carbocycles. The van der Waals surface area contributed by atoms with Crippen LogP contribution in [0.25, 0.3) is 0 Å². The van der Waals surface area contributed by atoms with Crippen LogP contribution in [0.1, 0.15) is 49.7 Å². The number of hydrogen-bond donors (Lipinski definition) is 0. The molecule has 2 bridgehead atoms. The topological polar surface area (TPSA) is 0 Å². The van der Waals surface area contributed by atoms with Crippen molar-refractivity contribution in [2.24, 2.45) is 11.8 Å². The summed E-state index contributed by atoms with van der Waals surface area (Å²) in [5, 5.41) is 0. The Hall–Kier alpha value is -1.04. The fraction of sp³-hybridized carbons (Fsp3) is 0.500. The summed E-state index contributed by atoms with van der Waals surface area (Å²) in [6, 6.07) is 9.06. The zero-order valence-corrected chi connectivity index (χ0v) is 10.2. The molecule has 0 N–H and O–H groups in total. The van der Waals surface area contributed by atoms with Gasteiger partial charge >= 0.3 is 0 Å². The maximum atomic E-state index is 2.45. The van der Waals surface area contributed by atoms with Crippen molar-refractivity contribution in [1.29, 1.82) is 0 Å². The molecule has 0 aliphatic heterocycles. The summed E-state index contributed by atoms with van der Waals surface area (Å²) < 4.78 is 0. The molecule has 0 heteroatoms. The molecule has 1 fully saturated rings. The van der Waals surface area contributed by atoms with E-state index in [1.165, 1.54) is 12.8 Å². The van der Waals surface area contributed by atoms with Crippen LogP contribution in [-0.2, 0) is 0 Å². The molecule has 0 heterocycles. The lowest BCUT2D eigenvalue weighted by atomic mass is 9.82. The van der Waals surface area contributed by atoms with Crippen LogP contribution in [0.2, 0.25) is 0 Å². The van der Waals surface area contributed by atoms with E-state index in [0.717, 1.165) is 17.8 Å². The fourth-order valence-corrected chi connectivity index (χ4v) is 3.51. The van der Waals surface area contributed by atoms with E-state index in [9.17, 15) is 0 Å². The van der Waals surface area contributed by atoms with Gasteiger partial charge < -0.3 is 0 Å². The molecular formula is C16H20. The summed E-state index contributed by atoms with van der Waals surface area (Å²) in [5.41, 5.74) is 3.18. The molecule has 0 nitrogen and oxygen atoms in total. The number of benzene rings is 1. The van der Waals surface area contributed by atoms with Gasteiger partial charge in [-0.15, -0.1) is 0 Å². The third-order valence-electron chi connectivity index (χ3n) is 4.30. The van der Waals surface area contributed by atoms with Crippen LogP contribution >= 0.6 is 0 Å². The zero-order valence-electron chi connectivity index (χ0n) is 10.2. The van der Waals surface area contributed by atoms with Gasteiger partial charge in [0.05, 0.1) is 0 Å². The summed E-state index contributed by atoms with van der Waals surface area (Å²) in [6.07, 6.45) is 7.66. The second-order valence-electron chi connectivity index (χ2n) is 5.67. The average molecular weight is 212 g/mol. The van der Waals surface area contributed by atoms with Crippen LogP contribution in [0.15, 0.2) is 36.4 Å². The minimum absolute atomic E-state index is 0.652. The molecule has 0 saturated heterocycles. The Bertz CT molecular complexity index is 414. The van der Waals surface area contributed by atoms with E-state index < -0.39 is 0 Å². The lowest BCUT2D eigenvalue weighted by Gasteiger charge is -2.23. The van der Waals surface area contributed by atoms with Crippen molar-refractivity contribution < 1.29 is 0 Å². The summed E-state index contributed by atoms with van der Waals surface area (Å²) in [7, 11) is 0. The largest absolute Gasteiger partial charge is 0.0851 e. The van der Waals surface area contributed by atoms with Crippen LogP contribution in [0, 0.1) is 11.8 Å². The van der Waals surface area contributed by atoms with Crippen molar-refractivity contribution in [3.63, 3.8) is 0 Å². The smallest absolute Gasteiger partial charge is 0.00904 e. The maximum absolute atomic E-state index is 2.45. The molecular weight excluding hydrogens is 192 g/mol. The first-order valence-electron chi connectivity index (χ1n) is 6.53. The van der Waals surface area contributed by atoms with Gasteiger partial charge in [0.25, 0.3) is 0 Å². The molecule has 3 rings (SSSR count). The first-order chi connectivity index (χ1) is 7.75. The molecule has 84 valence electrons. The van der Waals surface area contributed by atoms with Crippen molar-refractivity contribution >= 4 is 0 Å². The van der Waals surface area contributed by atoms with E-state index in [-0.39, 0.29) is 0 Å². The minimum Gasteiger partial charge on any atom is -0.0851 e. The van der Waals surface area contributed by atoms with E-state index in [4.69, 9.17) is 0 Å². The zero-order chi connectivity index (χ0) is 11.1. The van der Waals surface area contributed by atoms with Crippen LogP contribution in [-0.4, -0.2) is 0 Å². The van der Waals surface area contributed by atoms with Crippen molar-refractivity contribution in [3.05, 3.63) is 47.5 Å². The number of hydrogen-bond acceptors (Lipinski definition) is 0. The molecule has 1 saturated carbocycles. The predicted molar refractivity (Wildman–Crippen MR) is 68.6 cm³/mol. The Morgan fingerprint density at radius 1 is 1.06 bits per heavy atom. The Balaban J connectivity index is 1.98. The Labute approximate surface area is 98.4 Å². The molecule has 0 aromatic heterocycles. The van der Waals surface area contributed by atoms with Crippen LogP contribution in [0.5, 0.6) is 0 Å². The third kappa shape index (κ3) is 1.52. The first-order valence-corrected chi connectivity index (χ1v) is 6.53. The van der Waals surface area contributed by atoms with Gasteiger partial charge in [0.2, 0.25) is 0 Å². The molecule has 3 atom stereocenters. The molecule has 16 heavy (non-hydrogen) atoms. The SMILES string of the molecule is CC(C)c1ccccc1C1CC2C=CC1C2. The van der Waals surface area contributed by atoms with Crippen LogP contribution in [0.4, 0.5) is 0 Å². The third-order valence-corrected chi connectivity index (χ3v) is 4.30. The van der Waals surface area contributed by atoms with Gasteiger partial charge in [0.15, 0.2) is 0 Å². The van der Waals surface area contributed by atoms with Gasteiger partial charge in [-0.05, 0) is 47.6 Å². The average Bonchev–Trinajstić information content (AvgIpc) is 2.90. The minimum atomic E-state index is 0.652. The van der Waals surface area contributed by atoms with Gasteiger partial charge in [-0.25, -0.2) is 0 Å². The van der Waals surface area contributed by atoms with E-state index >= 15 is 0 Å². The monoisotopic (exact) mass is 212 g/mol. The van der Waals surface area contributed by atoms with Crippen molar-refractivity contribution in [3.8, 4) is 0 Å². The van der Waals surface area contributed by atoms with Gasteiger partial charge in [-0.3, -0.25) is 0 Å². The number of allylic oxidation sites excluding steroid dienone is 2. The summed E-state index contributed by atoms with van der Waals surface area (Å²) >= 11 is 0. The quantitative estimate of drug-likeness (QED) is 0.634. The second kappa shape index (κ2) is 3.76. The predicted octanol–water partition coefficient (Wildman–Crippen LogP) is 4.49. The van der Waals surface area contributed by atoms with Crippen LogP contribution < -0.4 is 0 Å². The van der Waals surface area contributed by atoms with E-state index in [1.54, 1.807) is 11.1 Å². The highest BCUT2D eigenvalue weighted by Crippen LogP contribution is 2.50. The van der Waals surface area contributed by atoms with Gasteiger partial charge in [0, 0.05) is 0 Å². The van der Waals surface area contributed by atoms with E-state index in [0.29, 0.717) is 5.92 Å². The molecule has 0 spiro atoms. The van der Waals surface area contributed by atoms with E-state index in [2.05, 4.69) is 50.3 Å². The summed E-state index contributed by atoms with van der Waals surface area (Å²) in [5.74, 6) is 3.15. The Kier molecular flexibility index (Phi) is 2.38. The molecule has 1 aromatic carbocycles. The van der Waals surface area contributed by atoms with Crippen molar-refractivity contribution in [1.82, 2.24) is 0 Å². The highest BCUT2D eigenvalue weighted by molar-refractivity contribution is 5.36. The Morgan fingerprint density at radius 3 is 2.50 bits per heavy atom. The fourth-order valence-electron chi connectivity index (χ4n) is 3.51. The normalized spacial score (nSPS) is 31.6. The van der Waals surface area contributed by atoms with Crippen molar-refractivity contribution in [2.75, 3.05) is 0 Å². The number of fused-ring (bicyclic) bond motifs is 2.